The summed E-state index contributed by atoms with van der Waals surface area (Å²) in [5, 5.41) is 11.2. The van der Waals surface area contributed by atoms with Gasteiger partial charge in [-0.05, 0) is 57.5 Å². The quantitative estimate of drug-likeness (QED) is 0.739. The number of β-amino-alcohol motifs (C(OH)–C–C–N with tert-alkyl or cyclic N) is 1. The number of likely N-dealkylation sites (tertiary alicyclic amines) is 1. The fourth-order valence-electron chi connectivity index (χ4n) is 3.59. The first-order valence-corrected chi connectivity index (χ1v) is 9.21. The van der Waals surface area contributed by atoms with Gasteiger partial charge in [-0.1, -0.05) is 0 Å². The fraction of sp³-hybridized carbons (Fsp3) is 0.500. The minimum atomic E-state index is -0.658. The molecule has 146 valence electrons. The molecule has 1 unspecified atom stereocenters. The molecular formula is C20H26N2O5. The Bertz CT molecular complexity index is 884. The van der Waals surface area contributed by atoms with E-state index in [-0.39, 0.29) is 24.1 Å². The van der Waals surface area contributed by atoms with Crippen LogP contribution >= 0.6 is 0 Å². The Labute approximate surface area is 157 Å². The third-order valence-electron chi connectivity index (χ3n) is 5.21. The van der Waals surface area contributed by atoms with E-state index in [0.29, 0.717) is 17.9 Å². The number of carbonyl (C=O) groups excluding carboxylic acids is 1. The average molecular weight is 374 g/mol. The zero-order valence-corrected chi connectivity index (χ0v) is 15.7. The van der Waals surface area contributed by atoms with Crippen molar-refractivity contribution in [2.75, 3.05) is 26.2 Å². The number of primary amides is 1. The van der Waals surface area contributed by atoms with Crippen molar-refractivity contribution in [3.63, 3.8) is 0 Å². The van der Waals surface area contributed by atoms with Crippen LogP contribution in [0.2, 0.25) is 0 Å². The molecule has 1 aliphatic rings. The van der Waals surface area contributed by atoms with Crippen LogP contribution in [0.25, 0.3) is 11.0 Å². The molecule has 1 aliphatic heterocycles. The first-order valence-electron chi connectivity index (χ1n) is 9.21. The number of carbonyl (C=O) groups is 1. The van der Waals surface area contributed by atoms with E-state index in [1.807, 2.05) is 26.0 Å². The summed E-state index contributed by atoms with van der Waals surface area (Å²) in [5.41, 5.74) is 7.06. The van der Waals surface area contributed by atoms with Gasteiger partial charge in [-0.15, -0.1) is 0 Å². The minimum Gasteiger partial charge on any atom is -0.490 e. The van der Waals surface area contributed by atoms with Crippen LogP contribution in [0, 0.1) is 19.8 Å². The van der Waals surface area contributed by atoms with Crippen molar-refractivity contribution >= 4 is 16.9 Å². The van der Waals surface area contributed by atoms with Crippen LogP contribution in [-0.2, 0) is 4.79 Å². The fourth-order valence-corrected chi connectivity index (χ4v) is 3.59. The largest absolute Gasteiger partial charge is 0.490 e. The first kappa shape index (κ1) is 19.4. The highest BCUT2D eigenvalue weighted by Gasteiger charge is 2.24. The average Bonchev–Trinajstić information content (AvgIpc) is 2.62. The van der Waals surface area contributed by atoms with E-state index < -0.39 is 6.10 Å². The number of ether oxygens (including phenoxy) is 1. The molecule has 7 nitrogen and oxygen atoms in total. The summed E-state index contributed by atoms with van der Waals surface area (Å²) in [6.07, 6.45) is 0.797. The number of piperidine rings is 1. The second-order valence-electron chi connectivity index (χ2n) is 7.26. The Morgan fingerprint density at radius 3 is 2.74 bits per heavy atom. The van der Waals surface area contributed by atoms with Crippen LogP contribution in [0.5, 0.6) is 5.75 Å². The maximum Gasteiger partial charge on any atom is 0.336 e. The standard InChI is InChI=1S/C20H26N2O5/c1-12-9-18(24)27-19-13(2)17(4-3-16(12)19)26-11-15(23)10-22-7-5-14(6-8-22)20(21)25/h3-4,9,14-15,23H,5-8,10-11H2,1-2H3,(H2,21,25). The van der Waals surface area contributed by atoms with Gasteiger partial charge < -0.3 is 24.9 Å². The molecule has 7 heteroatoms. The zero-order valence-electron chi connectivity index (χ0n) is 15.7. The Kier molecular flexibility index (Phi) is 5.82. The summed E-state index contributed by atoms with van der Waals surface area (Å²) in [7, 11) is 0. The predicted molar refractivity (Wildman–Crippen MR) is 102 cm³/mol. The van der Waals surface area contributed by atoms with Crippen molar-refractivity contribution in [2.45, 2.75) is 32.8 Å². The molecule has 0 radical (unpaired) electrons. The smallest absolute Gasteiger partial charge is 0.336 e. The third-order valence-corrected chi connectivity index (χ3v) is 5.21. The highest BCUT2D eigenvalue weighted by molar-refractivity contribution is 5.84. The van der Waals surface area contributed by atoms with Crippen molar-refractivity contribution < 1.29 is 19.1 Å². The van der Waals surface area contributed by atoms with E-state index in [4.69, 9.17) is 14.9 Å². The molecule has 0 aliphatic carbocycles. The maximum atomic E-state index is 11.6. The lowest BCUT2D eigenvalue weighted by atomic mass is 9.96. The summed E-state index contributed by atoms with van der Waals surface area (Å²) < 4.78 is 11.1. The van der Waals surface area contributed by atoms with Gasteiger partial charge in [0, 0.05) is 29.5 Å². The number of hydrogen-bond acceptors (Lipinski definition) is 6. The number of hydrogen-bond donors (Lipinski definition) is 2. The molecule has 1 fully saturated rings. The second-order valence-corrected chi connectivity index (χ2v) is 7.26. The van der Waals surface area contributed by atoms with Crippen LogP contribution in [0.4, 0.5) is 0 Å². The highest BCUT2D eigenvalue weighted by atomic mass is 16.5. The molecule has 2 heterocycles. The van der Waals surface area contributed by atoms with Crippen molar-refractivity contribution in [3.8, 4) is 5.75 Å². The Balaban J connectivity index is 1.59. The van der Waals surface area contributed by atoms with E-state index in [1.165, 1.54) is 6.07 Å². The lowest BCUT2D eigenvalue weighted by Crippen LogP contribution is -2.43. The van der Waals surface area contributed by atoms with Crippen LogP contribution in [-0.4, -0.2) is 48.3 Å². The van der Waals surface area contributed by atoms with E-state index >= 15 is 0 Å². The minimum absolute atomic E-state index is 0.0620. The molecule has 0 bridgehead atoms. The Hall–Kier alpha value is -2.38. The van der Waals surface area contributed by atoms with Gasteiger partial charge in [0.05, 0.1) is 0 Å². The lowest BCUT2D eigenvalue weighted by molar-refractivity contribution is -0.123. The normalized spacial score (nSPS) is 17.1. The van der Waals surface area contributed by atoms with E-state index in [0.717, 1.165) is 42.4 Å². The number of aliphatic hydroxyl groups is 1. The molecule has 3 N–H and O–H groups in total. The topological polar surface area (TPSA) is 106 Å². The number of rotatable bonds is 6. The van der Waals surface area contributed by atoms with Gasteiger partial charge >= 0.3 is 5.63 Å². The SMILES string of the molecule is Cc1cc(=O)oc2c(C)c(OCC(O)CN3CCC(C(N)=O)CC3)ccc12. The number of fused-ring (bicyclic) bond motifs is 1. The number of benzene rings is 1. The van der Waals surface area contributed by atoms with Gasteiger partial charge in [-0.25, -0.2) is 4.79 Å². The van der Waals surface area contributed by atoms with Gasteiger partial charge in [0.2, 0.25) is 5.91 Å². The second kappa shape index (κ2) is 8.10. The molecule has 1 saturated heterocycles. The van der Waals surface area contributed by atoms with Gasteiger partial charge in [0.15, 0.2) is 0 Å². The molecule has 1 aromatic carbocycles. The van der Waals surface area contributed by atoms with Gasteiger partial charge in [0.1, 0.15) is 24.0 Å². The number of aliphatic hydroxyl groups excluding tert-OH is 1. The van der Waals surface area contributed by atoms with Crippen molar-refractivity contribution in [1.29, 1.82) is 0 Å². The molecule has 2 aromatic rings. The summed E-state index contributed by atoms with van der Waals surface area (Å²) in [4.78, 5) is 25.0. The number of aryl methyl sites for hydroxylation is 2. The van der Waals surface area contributed by atoms with Crippen molar-refractivity contribution in [2.24, 2.45) is 11.7 Å². The Morgan fingerprint density at radius 2 is 2.07 bits per heavy atom. The number of nitrogens with two attached hydrogens (primary N) is 1. The highest BCUT2D eigenvalue weighted by Crippen LogP contribution is 2.28. The molecule has 1 aromatic heterocycles. The van der Waals surface area contributed by atoms with Crippen LogP contribution in [0.15, 0.2) is 27.4 Å². The lowest BCUT2D eigenvalue weighted by Gasteiger charge is -2.31. The third kappa shape index (κ3) is 4.48. The molecule has 1 atom stereocenters. The summed E-state index contributed by atoms with van der Waals surface area (Å²) in [6, 6.07) is 5.15. The molecule has 27 heavy (non-hydrogen) atoms. The van der Waals surface area contributed by atoms with Crippen LogP contribution < -0.4 is 16.1 Å². The van der Waals surface area contributed by atoms with E-state index in [2.05, 4.69) is 4.90 Å². The van der Waals surface area contributed by atoms with Gasteiger partial charge in [-0.3, -0.25) is 4.79 Å². The van der Waals surface area contributed by atoms with Crippen LogP contribution in [0.1, 0.15) is 24.0 Å². The van der Waals surface area contributed by atoms with Gasteiger partial charge in [-0.2, -0.15) is 0 Å². The van der Waals surface area contributed by atoms with Crippen molar-refractivity contribution in [1.82, 2.24) is 4.90 Å². The molecule has 3 rings (SSSR count). The van der Waals surface area contributed by atoms with Crippen LogP contribution in [0.3, 0.4) is 0 Å². The Morgan fingerprint density at radius 1 is 1.37 bits per heavy atom. The van der Waals surface area contributed by atoms with E-state index in [9.17, 15) is 14.7 Å². The monoisotopic (exact) mass is 374 g/mol. The predicted octanol–water partition coefficient (Wildman–Crippen LogP) is 1.35. The van der Waals surface area contributed by atoms with E-state index in [1.54, 1.807) is 0 Å². The first-order chi connectivity index (χ1) is 12.8. The van der Waals surface area contributed by atoms with Crippen molar-refractivity contribution in [3.05, 3.63) is 39.7 Å². The van der Waals surface area contributed by atoms with Gasteiger partial charge in [0.25, 0.3) is 0 Å². The maximum absolute atomic E-state index is 11.6. The molecule has 0 spiro atoms. The zero-order chi connectivity index (χ0) is 19.6. The number of amides is 1. The molecule has 1 amide bonds. The summed E-state index contributed by atoms with van der Waals surface area (Å²) in [6.45, 7) is 5.80. The molecule has 0 saturated carbocycles. The summed E-state index contributed by atoms with van der Waals surface area (Å²) >= 11 is 0. The summed E-state index contributed by atoms with van der Waals surface area (Å²) in [5.74, 6) is 0.281. The number of nitrogens with zero attached hydrogens (tertiary/aromatic N) is 1. The molecular weight excluding hydrogens is 348 g/mol.